The van der Waals surface area contributed by atoms with Gasteiger partial charge in [-0.3, -0.25) is 4.79 Å². The van der Waals surface area contributed by atoms with Crippen molar-refractivity contribution in [2.45, 2.75) is 39.2 Å². The lowest BCUT2D eigenvalue weighted by Gasteiger charge is -2.26. The quantitative estimate of drug-likeness (QED) is 0.532. The van der Waals surface area contributed by atoms with Gasteiger partial charge in [-0.2, -0.15) is 5.10 Å². The number of esters is 1. The van der Waals surface area contributed by atoms with Crippen LogP contribution in [0.1, 0.15) is 49.5 Å². The number of rotatable bonds is 5. The number of pyridine rings is 1. The lowest BCUT2D eigenvalue weighted by Crippen LogP contribution is -2.38. The predicted octanol–water partition coefficient (Wildman–Crippen LogP) is 3.62. The monoisotopic (exact) mass is 464 g/mol. The van der Waals surface area contributed by atoms with Gasteiger partial charge in [0.1, 0.15) is 13.2 Å². The lowest BCUT2D eigenvalue weighted by molar-refractivity contribution is -0.135. The summed E-state index contributed by atoms with van der Waals surface area (Å²) in [6.07, 6.45) is 4.72. The number of likely N-dealkylation sites (tertiary alicyclic amines) is 1. The van der Waals surface area contributed by atoms with Crippen LogP contribution in [0, 0.1) is 0 Å². The van der Waals surface area contributed by atoms with Crippen molar-refractivity contribution in [3.05, 3.63) is 36.0 Å². The number of hydrogen-bond acceptors (Lipinski definition) is 7. The van der Waals surface area contributed by atoms with E-state index in [4.69, 9.17) is 19.2 Å². The van der Waals surface area contributed by atoms with E-state index < -0.39 is 5.97 Å². The van der Waals surface area contributed by atoms with Gasteiger partial charge < -0.3 is 19.1 Å². The maximum atomic E-state index is 13.1. The van der Waals surface area contributed by atoms with Gasteiger partial charge in [0.2, 0.25) is 0 Å². The summed E-state index contributed by atoms with van der Waals surface area (Å²) in [6.45, 7) is 6.14. The van der Waals surface area contributed by atoms with Crippen LogP contribution in [0.25, 0.3) is 22.3 Å². The van der Waals surface area contributed by atoms with E-state index in [1.165, 1.54) is 0 Å². The molecule has 5 rings (SSSR count). The third-order valence-corrected chi connectivity index (χ3v) is 6.15. The first-order chi connectivity index (χ1) is 16.5. The molecule has 2 aliphatic rings. The molecule has 1 fully saturated rings. The van der Waals surface area contributed by atoms with E-state index in [2.05, 4.69) is 5.10 Å². The molecule has 0 radical (unpaired) electrons. The van der Waals surface area contributed by atoms with E-state index in [0.717, 1.165) is 24.8 Å². The molecule has 1 amide bonds. The highest BCUT2D eigenvalue weighted by atomic mass is 16.6. The summed E-state index contributed by atoms with van der Waals surface area (Å²) in [7, 11) is 0. The number of ether oxygens (including phenoxy) is 3. The van der Waals surface area contributed by atoms with E-state index in [1.807, 2.05) is 32.0 Å². The van der Waals surface area contributed by atoms with Crippen LogP contribution in [0.4, 0.5) is 0 Å². The zero-order valence-corrected chi connectivity index (χ0v) is 19.5. The molecule has 2 aromatic heterocycles. The number of benzene rings is 1. The molecule has 0 saturated carbocycles. The fraction of sp³-hybridized carbons (Fsp3) is 0.440. The van der Waals surface area contributed by atoms with Crippen LogP contribution in [0.5, 0.6) is 11.5 Å². The minimum Gasteiger partial charge on any atom is -0.486 e. The maximum absolute atomic E-state index is 13.1. The summed E-state index contributed by atoms with van der Waals surface area (Å²) in [5.74, 6) is 0.585. The number of nitrogens with zero attached hydrogens (tertiary/aromatic N) is 4. The van der Waals surface area contributed by atoms with Crippen LogP contribution in [0.2, 0.25) is 0 Å². The Morgan fingerprint density at radius 3 is 2.59 bits per heavy atom. The van der Waals surface area contributed by atoms with Gasteiger partial charge >= 0.3 is 5.97 Å². The van der Waals surface area contributed by atoms with E-state index in [1.54, 1.807) is 21.8 Å². The van der Waals surface area contributed by atoms with Gasteiger partial charge in [-0.15, -0.1) is 0 Å². The van der Waals surface area contributed by atoms with Crippen molar-refractivity contribution in [2.24, 2.45) is 0 Å². The Morgan fingerprint density at radius 2 is 1.82 bits per heavy atom. The molecule has 0 aliphatic carbocycles. The minimum absolute atomic E-state index is 0.0464. The number of hydrogen-bond donors (Lipinski definition) is 0. The van der Waals surface area contributed by atoms with E-state index in [0.29, 0.717) is 60.1 Å². The van der Waals surface area contributed by atoms with Crippen LogP contribution in [0.3, 0.4) is 0 Å². The Labute approximate surface area is 197 Å². The fourth-order valence-electron chi connectivity index (χ4n) is 4.36. The summed E-state index contributed by atoms with van der Waals surface area (Å²) in [5, 5.41) is 5.03. The van der Waals surface area contributed by atoms with Gasteiger partial charge in [-0.1, -0.05) is 0 Å². The fourth-order valence-corrected chi connectivity index (χ4v) is 4.36. The molecule has 9 nitrogen and oxygen atoms in total. The molecule has 34 heavy (non-hydrogen) atoms. The average Bonchev–Trinajstić information content (AvgIpc) is 3.31. The van der Waals surface area contributed by atoms with Crippen LogP contribution in [-0.4, -0.2) is 64.5 Å². The topological polar surface area (TPSA) is 95.8 Å². The second kappa shape index (κ2) is 9.32. The van der Waals surface area contributed by atoms with Crippen molar-refractivity contribution in [2.75, 3.05) is 32.9 Å². The number of amides is 1. The van der Waals surface area contributed by atoms with Crippen molar-refractivity contribution in [1.29, 1.82) is 0 Å². The Kier molecular flexibility index (Phi) is 6.08. The molecule has 3 aromatic rings. The summed E-state index contributed by atoms with van der Waals surface area (Å²) >= 11 is 0. The molecule has 0 unspecified atom stereocenters. The van der Waals surface area contributed by atoms with Gasteiger partial charge in [0, 0.05) is 24.7 Å². The maximum Gasteiger partial charge on any atom is 0.339 e. The SMILES string of the molecule is CC(C)n1ncc2c(C(=O)OCC(=O)N3CCCCC3)cc(-c3ccc4c(c3)OCCO4)nc21. The second-order valence-electron chi connectivity index (χ2n) is 8.85. The van der Waals surface area contributed by atoms with Crippen LogP contribution >= 0.6 is 0 Å². The van der Waals surface area contributed by atoms with Gasteiger partial charge in [0.25, 0.3) is 5.91 Å². The Bertz CT molecular complexity index is 1230. The summed E-state index contributed by atoms with van der Waals surface area (Å²) in [6, 6.07) is 7.31. The molecule has 0 atom stereocenters. The molecule has 0 spiro atoms. The van der Waals surface area contributed by atoms with Crippen molar-refractivity contribution in [3.8, 4) is 22.8 Å². The molecule has 0 bridgehead atoms. The Balaban J connectivity index is 1.48. The molecule has 178 valence electrons. The lowest BCUT2D eigenvalue weighted by atomic mass is 10.1. The van der Waals surface area contributed by atoms with E-state index >= 15 is 0 Å². The normalized spacial score (nSPS) is 15.6. The standard InChI is InChI=1S/C25H28N4O5/c1-16(2)29-24-19(14-26-29)18(25(31)34-15-23(30)28-8-4-3-5-9-28)13-20(27-24)17-6-7-21-22(12-17)33-11-10-32-21/h6-7,12-14,16H,3-5,8-11,15H2,1-2H3. The van der Waals surface area contributed by atoms with Crippen LogP contribution in [0.15, 0.2) is 30.5 Å². The first kappa shape index (κ1) is 22.2. The van der Waals surface area contributed by atoms with E-state index in [-0.39, 0.29) is 18.6 Å². The number of carbonyl (C=O) groups is 2. The number of piperidine rings is 1. The van der Waals surface area contributed by atoms with Gasteiger partial charge in [-0.25, -0.2) is 14.5 Å². The zero-order valence-electron chi connectivity index (χ0n) is 19.5. The van der Waals surface area contributed by atoms with Crippen molar-refractivity contribution < 1.29 is 23.8 Å². The van der Waals surface area contributed by atoms with Crippen molar-refractivity contribution in [3.63, 3.8) is 0 Å². The Morgan fingerprint density at radius 1 is 1.06 bits per heavy atom. The first-order valence-corrected chi connectivity index (χ1v) is 11.7. The highest BCUT2D eigenvalue weighted by Gasteiger charge is 2.23. The van der Waals surface area contributed by atoms with E-state index in [9.17, 15) is 9.59 Å². The van der Waals surface area contributed by atoms with Crippen molar-refractivity contribution in [1.82, 2.24) is 19.7 Å². The smallest absolute Gasteiger partial charge is 0.339 e. The van der Waals surface area contributed by atoms with Gasteiger partial charge in [0.05, 0.1) is 22.8 Å². The summed E-state index contributed by atoms with van der Waals surface area (Å²) in [4.78, 5) is 32.2. The highest BCUT2D eigenvalue weighted by Crippen LogP contribution is 2.35. The predicted molar refractivity (Wildman–Crippen MR) is 125 cm³/mol. The average molecular weight is 465 g/mol. The number of carbonyl (C=O) groups excluding carboxylic acids is 2. The largest absolute Gasteiger partial charge is 0.486 e. The first-order valence-electron chi connectivity index (χ1n) is 11.7. The molecule has 1 saturated heterocycles. The van der Waals surface area contributed by atoms with Crippen LogP contribution < -0.4 is 9.47 Å². The molecule has 9 heteroatoms. The third kappa shape index (κ3) is 4.30. The van der Waals surface area contributed by atoms with Crippen molar-refractivity contribution >= 4 is 22.9 Å². The number of aromatic nitrogens is 3. The molecule has 2 aliphatic heterocycles. The minimum atomic E-state index is -0.570. The highest BCUT2D eigenvalue weighted by molar-refractivity contribution is 6.04. The number of fused-ring (bicyclic) bond motifs is 2. The molecule has 0 N–H and O–H groups in total. The second-order valence-corrected chi connectivity index (χ2v) is 8.85. The molecular formula is C25H28N4O5. The molecule has 4 heterocycles. The molecule has 1 aromatic carbocycles. The van der Waals surface area contributed by atoms with Gasteiger partial charge in [-0.05, 0) is 57.4 Å². The summed E-state index contributed by atoms with van der Waals surface area (Å²) in [5.41, 5.74) is 2.27. The summed E-state index contributed by atoms with van der Waals surface area (Å²) < 4.78 is 18.6. The zero-order chi connectivity index (χ0) is 23.7. The molecular weight excluding hydrogens is 436 g/mol. The Hall–Kier alpha value is -3.62. The van der Waals surface area contributed by atoms with Gasteiger partial charge in [0.15, 0.2) is 23.8 Å². The third-order valence-electron chi connectivity index (χ3n) is 6.15. The van der Waals surface area contributed by atoms with Crippen LogP contribution in [-0.2, 0) is 9.53 Å².